The van der Waals surface area contributed by atoms with Gasteiger partial charge in [-0.05, 0) is 59.7 Å². The van der Waals surface area contributed by atoms with Gasteiger partial charge in [-0.25, -0.2) is 0 Å². The Bertz CT molecular complexity index is 884. The molecule has 1 heterocycles. The maximum Gasteiger partial charge on any atom is 0.251 e. The molecule has 2 aromatic rings. The van der Waals surface area contributed by atoms with Crippen molar-refractivity contribution < 1.29 is 9.59 Å². The van der Waals surface area contributed by atoms with Crippen molar-refractivity contribution >= 4 is 29.1 Å². The number of hydrogen-bond acceptors (Lipinski definition) is 2. The Hall–Kier alpha value is -2.33. The zero-order valence-corrected chi connectivity index (χ0v) is 17.6. The molecule has 0 fully saturated rings. The number of amides is 2. The van der Waals surface area contributed by atoms with Crippen LogP contribution in [0.15, 0.2) is 42.5 Å². The molecule has 1 unspecified atom stereocenters. The van der Waals surface area contributed by atoms with Gasteiger partial charge >= 0.3 is 0 Å². The van der Waals surface area contributed by atoms with Crippen molar-refractivity contribution in [3.8, 4) is 0 Å². The van der Waals surface area contributed by atoms with Crippen LogP contribution in [0.3, 0.4) is 0 Å². The number of hydrogen-bond donors (Lipinski definition) is 1. The third-order valence-electron chi connectivity index (χ3n) is 5.01. The van der Waals surface area contributed by atoms with Crippen molar-refractivity contribution in [3.63, 3.8) is 0 Å². The molecule has 0 saturated heterocycles. The number of halogens is 1. The van der Waals surface area contributed by atoms with E-state index in [0.717, 1.165) is 29.7 Å². The summed E-state index contributed by atoms with van der Waals surface area (Å²) >= 11 is 6.02. The molecule has 2 aromatic carbocycles. The average Bonchev–Trinajstić information content (AvgIpc) is 3.04. The minimum Gasteiger partial charge on any atom is -0.345 e. The maximum absolute atomic E-state index is 13.0. The van der Waals surface area contributed by atoms with Gasteiger partial charge < -0.3 is 10.2 Å². The third kappa shape index (κ3) is 4.74. The highest BCUT2D eigenvalue weighted by molar-refractivity contribution is 6.30. The Morgan fingerprint density at radius 3 is 2.43 bits per heavy atom. The molecule has 0 aliphatic carbocycles. The molecule has 0 radical (unpaired) electrons. The summed E-state index contributed by atoms with van der Waals surface area (Å²) in [5.41, 5.74) is 3.67. The first-order valence-corrected chi connectivity index (χ1v) is 9.99. The first-order chi connectivity index (χ1) is 13.1. The highest BCUT2D eigenvalue weighted by atomic mass is 35.5. The van der Waals surface area contributed by atoms with Gasteiger partial charge in [0.1, 0.15) is 0 Å². The largest absolute Gasteiger partial charge is 0.345 e. The van der Waals surface area contributed by atoms with E-state index in [1.807, 2.05) is 36.4 Å². The van der Waals surface area contributed by atoms with Gasteiger partial charge in [0.2, 0.25) is 5.91 Å². The fourth-order valence-electron chi connectivity index (χ4n) is 3.67. The van der Waals surface area contributed by atoms with Crippen LogP contribution in [0, 0.1) is 5.41 Å². The van der Waals surface area contributed by atoms with Gasteiger partial charge in [0, 0.05) is 29.7 Å². The molecule has 0 aromatic heterocycles. The van der Waals surface area contributed by atoms with Gasteiger partial charge in [-0.15, -0.1) is 0 Å². The number of carbonyl (C=O) groups excluding carboxylic acids is 2. The Labute approximate surface area is 171 Å². The molecule has 2 amide bonds. The van der Waals surface area contributed by atoms with Crippen molar-refractivity contribution in [2.24, 2.45) is 5.41 Å². The van der Waals surface area contributed by atoms with Crippen LogP contribution in [-0.2, 0) is 11.2 Å². The zero-order valence-electron chi connectivity index (χ0n) is 16.9. The minimum absolute atomic E-state index is 0.0314. The zero-order chi connectivity index (χ0) is 20.5. The van der Waals surface area contributed by atoms with E-state index in [4.69, 9.17) is 11.6 Å². The smallest absolute Gasteiger partial charge is 0.251 e. The van der Waals surface area contributed by atoms with E-state index in [9.17, 15) is 9.59 Å². The van der Waals surface area contributed by atoms with Gasteiger partial charge in [0.15, 0.2) is 0 Å². The monoisotopic (exact) mass is 398 g/mol. The molecule has 3 rings (SSSR count). The molecule has 5 heteroatoms. The van der Waals surface area contributed by atoms with Crippen molar-refractivity contribution in [1.82, 2.24) is 5.32 Å². The van der Waals surface area contributed by atoms with Crippen molar-refractivity contribution in [2.45, 2.75) is 46.6 Å². The van der Waals surface area contributed by atoms with E-state index in [2.05, 4.69) is 26.1 Å². The van der Waals surface area contributed by atoms with Crippen LogP contribution >= 0.6 is 11.6 Å². The van der Waals surface area contributed by atoms with Gasteiger partial charge in [-0.3, -0.25) is 9.59 Å². The molecule has 148 valence electrons. The Kier molecular flexibility index (Phi) is 5.80. The first-order valence-electron chi connectivity index (χ1n) is 9.61. The van der Waals surface area contributed by atoms with E-state index in [0.29, 0.717) is 17.1 Å². The Balaban J connectivity index is 1.82. The number of fused-ring (bicyclic) bond motifs is 1. The van der Waals surface area contributed by atoms with Crippen LogP contribution in [-0.4, -0.2) is 18.4 Å². The molecule has 0 saturated carbocycles. The summed E-state index contributed by atoms with van der Waals surface area (Å²) in [4.78, 5) is 26.5. The Morgan fingerprint density at radius 2 is 1.82 bits per heavy atom. The third-order valence-corrected chi connectivity index (χ3v) is 5.26. The molecule has 28 heavy (non-hydrogen) atoms. The number of carbonyl (C=O) groups is 2. The van der Waals surface area contributed by atoms with Crippen LogP contribution in [0.5, 0.6) is 0 Å². The predicted octanol–water partition coefficient (Wildman–Crippen LogP) is 5.16. The van der Waals surface area contributed by atoms with Crippen LogP contribution in [0.2, 0.25) is 5.02 Å². The highest BCUT2D eigenvalue weighted by Gasteiger charge is 2.25. The number of nitrogens with one attached hydrogen (secondary N) is 1. The average molecular weight is 399 g/mol. The topological polar surface area (TPSA) is 49.4 Å². The lowest BCUT2D eigenvalue weighted by Crippen LogP contribution is -2.31. The summed E-state index contributed by atoms with van der Waals surface area (Å²) in [6, 6.07) is 13.1. The van der Waals surface area contributed by atoms with Gasteiger partial charge in [-0.2, -0.15) is 0 Å². The van der Waals surface area contributed by atoms with Crippen molar-refractivity contribution in [2.75, 3.05) is 11.4 Å². The molecule has 1 aliphatic rings. The second-order valence-corrected chi connectivity index (χ2v) is 9.04. The van der Waals surface area contributed by atoms with Gasteiger partial charge in [-0.1, -0.05) is 44.5 Å². The lowest BCUT2D eigenvalue weighted by Gasteiger charge is -2.27. The lowest BCUT2D eigenvalue weighted by molar-refractivity contribution is -0.116. The van der Waals surface area contributed by atoms with Crippen LogP contribution in [0.1, 0.15) is 61.6 Å². The van der Waals surface area contributed by atoms with Crippen LogP contribution in [0.25, 0.3) is 0 Å². The second-order valence-electron chi connectivity index (χ2n) is 8.61. The van der Waals surface area contributed by atoms with E-state index in [1.165, 1.54) is 0 Å². The summed E-state index contributed by atoms with van der Waals surface area (Å²) in [6.45, 7) is 8.72. The van der Waals surface area contributed by atoms with Crippen LogP contribution in [0.4, 0.5) is 5.69 Å². The second kappa shape index (κ2) is 7.96. The molecule has 1 aliphatic heterocycles. The van der Waals surface area contributed by atoms with Crippen LogP contribution < -0.4 is 10.2 Å². The quantitative estimate of drug-likeness (QED) is 0.773. The Morgan fingerprint density at radius 1 is 1.14 bits per heavy atom. The molecule has 1 atom stereocenters. The molecular weight excluding hydrogens is 372 g/mol. The molecule has 1 N–H and O–H groups in total. The summed E-state index contributed by atoms with van der Waals surface area (Å²) in [7, 11) is 0. The first kappa shape index (κ1) is 20.4. The summed E-state index contributed by atoms with van der Waals surface area (Å²) < 4.78 is 0. The van der Waals surface area contributed by atoms with Gasteiger partial charge in [0.25, 0.3) is 5.91 Å². The summed E-state index contributed by atoms with van der Waals surface area (Å²) in [5.74, 6) is -0.0720. The number of rotatable bonds is 4. The minimum atomic E-state index is -0.105. The van der Waals surface area contributed by atoms with E-state index in [-0.39, 0.29) is 23.3 Å². The molecule has 4 nitrogen and oxygen atoms in total. The number of anilines is 1. The summed E-state index contributed by atoms with van der Waals surface area (Å²) in [5, 5.41) is 3.87. The normalized spacial score (nSPS) is 14.5. The lowest BCUT2D eigenvalue weighted by atomic mass is 9.85. The molecule has 0 bridgehead atoms. The number of benzene rings is 2. The molecule has 0 spiro atoms. The fraction of sp³-hybridized carbons (Fsp3) is 0.391. The van der Waals surface area contributed by atoms with E-state index < -0.39 is 0 Å². The maximum atomic E-state index is 13.0. The SMILES string of the molecule is CC(=O)N1CCc2cc(C(=O)NC(CC(C)(C)C)c3ccc(Cl)cc3)ccc21. The van der Waals surface area contributed by atoms with Crippen molar-refractivity contribution in [3.05, 3.63) is 64.2 Å². The van der Waals surface area contributed by atoms with E-state index >= 15 is 0 Å². The highest BCUT2D eigenvalue weighted by Crippen LogP contribution is 2.32. The number of nitrogens with zero attached hydrogens (tertiary/aromatic N) is 1. The van der Waals surface area contributed by atoms with Crippen molar-refractivity contribution in [1.29, 1.82) is 0 Å². The molecular formula is C23H27ClN2O2. The predicted molar refractivity (Wildman–Crippen MR) is 114 cm³/mol. The van der Waals surface area contributed by atoms with E-state index in [1.54, 1.807) is 17.9 Å². The summed E-state index contributed by atoms with van der Waals surface area (Å²) in [6.07, 6.45) is 1.59. The van der Waals surface area contributed by atoms with Gasteiger partial charge in [0.05, 0.1) is 6.04 Å². The fourth-order valence-corrected chi connectivity index (χ4v) is 3.80. The standard InChI is InChI=1S/C23H27ClN2O2/c1-15(27)26-12-11-17-13-18(7-10-21(17)26)22(28)25-20(14-23(2,3)4)16-5-8-19(24)9-6-16/h5-10,13,20H,11-12,14H2,1-4H3,(H,25,28).